The number of hydrogen-bond acceptors (Lipinski definition) is 4. The first kappa shape index (κ1) is 16.0. The third-order valence-corrected chi connectivity index (χ3v) is 4.16. The quantitative estimate of drug-likeness (QED) is 0.804. The first-order valence-electron chi connectivity index (χ1n) is 5.76. The summed E-state index contributed by atoms with van der Waals surface area (Å²) in [5.74, 6) is -0.360. The van der Waals surface area contributed by atoms with Gasteiger partial charge in [0.15, 0.2) is 6.10 Å². The van der Waals surface area contributed by atoms with Crippen LogP contribution in [0.25, 0.3) is 0 Å². The highest BCUT2D eigenvalue weighted by Gasteiger charge is 2.20. The highest BCUT2D eigenvalue weighted by molar-refractivity contribution is 9.10. The lowest BCUT2D eigenvalue weighted by Crippen LogP contribution is -2.33. The Labute approximate surface area is 125 Å². The molecule has 0 saturated heterocycles. The Kier molecular flexibility index (Phi) is 6.37. The highest BCUT2D eigenvalue weighted by Crippen LogP contribution is 2.20. The fraction of sp³-hybridized carbons (Fsp3) is 0.385. The van der Waals surface area contributed by atoms with E-state index in [-0.39, 0.29) is 5.25 Å². The second-order valence-corrected chi connectivity index (χ2v) is 6.31. The number of carbonyl (C=O) groups excluding carboxylic acids is 2. The van der Waals surface area contributed by atoms with Gasteiger partial charge in [-0.05, 0) is 31.5 Å². The molecule has 4 nitrogen and oxygen atoms in total. The summed E-state index contributed by atoms with van der Waals surface area (Å²) >= 11 is 4.82. The molecule has 0 fully saturated rings. The molecular formula is C13H16BrNO3S. The van der Waals surface area contributed by atoms with Gasteiger partial charge in [-0.3, -0.25) is 9.59 Å². The van der Waals surface area contributed by atoms with Crippen molar-refractivity contribution in [3.63, 3.8) is 0 Å². The molecule has 2 atom stereocenters. The molecule has 0 aliphatic heterocycles. The lowest BCUT2D eigenvalue weighted by Gasteiger charge is -2.14. The van der Waals surface area contributed by atoms with Gasteiger partial charge in [-0.2, -0.15) is 0 Å². The molecule has 1 rings (SSSR count). The minimum Gasteiger partial charge on any atom is -0.452 e. The molecule has 0 radical (unpaired) electrons. The van der Waals surface area contributed by atoms with Gasteiger partial charge in [-0.25, -0.2) is 0 Å². The Balaban J connectivity index is 2.42. The number of benzene rings is 1. The van der Waals surface area contributed by atoms with E-state index in [1.54, 1.807) is 6.92 Å². The maximum atomic E-state index is 11.7. The Bertz CT molecular complexity index is 450. The molecule has 1 aromatic carbocycles. The summed E-state index contributed by atoms with van der Waals surface area (Å²) in [6.45, 7) is 3.21. The monoisotopic (exact) mass is 345 g/mol. The average Bonchev–Trinajstić information content (AvgIpc) is 2.37. The number of halogens is 1. The van der Waals surface area contributed by atoms with Crippen LogP contribution in [0.4, 0.5) is 0 Å². The third kappa shape index (κ3) is 5.65. The van der Waals surface area contributed by atoms with Gasteiger partial charge in [0.25, 0.3) is 5.91 Å². The largest absolute Gasteiger partial charge is 0.452 e. The minimum atomic E-state index is -0.886. The summed E-state index contributed by atoms with van der Waals surface area (Å²) in [5.41, 5.74) is 6.16. The van der Waals surface area contributed by atoms with Crippen LogP contribution in [0.15, 0.2) is 28.7 Å². The number of thioether (sulfide) groups is 1. The van der Waals surface area contributed by atoms with Gasteiger partial charge in [0.1, 0.15) is 0 Å². The summed E-state index contributed by atoms with van der Waals surface area (Å²) in [5, 5.41) is -0.342. The predicted molar refractivity (Wildman–Crippen MR) is 79.6 cm³/mol. The van der Waals surface area contributed by atoms with Gasteiger partial charge >= 0.3 is 5.97 Å². The van der Waals surface area contributed by atoms with Crippen molar-refractivity contribution < 1.29 is 14.3 Å². The van der Waals surface area contributed by atoms with Crippen LogP contribution in [0.2, 0.25) is 0 Å². The second kappa shape index (κ2) is 7.55. The lowest BCUT2D eigenvalue weighted by molar-refractivity contribution is -0.152. The van der Waals surface area contributed by atoms with Crippen molar-refractivity contribution >= 4 is 39.6 Å². The average molecular weight is 346 g/mol. The number of amides is 1. The van der Waals surface area contributed by atoms with Gasteiger partial charge in [-0.1, -0.05) is 28.1 Å². The van der Waals surface area contributed by atoms with Crippen LogP contribution in [0.5, 0.6) is 0 Å². The fourth-order valence-corrected chi connectivity index (χ4v) is 2.29. The first-order chi connectivity index (χ1) is 8.90. The lowest BCUT2D eigenvalue weighted by atomic mass is 10.2. The molecule has 104 valence electrons. The number of carbonyl (C=O) groups is 2. The van der Waals surface area contributed by atoms with Crippen molar-refractivity contribution in [3.05, 3.63) is 34.3 Å². The van der Waals surface area contributed by atoms with Gasteiger partial charge in [0.2, 0.25) is 0 Å². The smallest absolute Gasteiger partial charge is 0.319 e. The van der Waals surface area contributed by atoms with Crippen molar-refractivity contribution in [2.45, 2.75) is 31.0 Å². The summed E-state index contributed by atoms with van der Waals surface area (Å²) in [4.78, 5) is 22.5. The number of primary amides is 1. The van der Waals surface area contributed by atoms with Crippen LogP contribution in [0, 0.1) is 0 Å². The standard InChI is InChI=1S/C13H16BrNO3S/c1-8(12(15)16)18-13(17)9(2)19-7-10-3-5-11(14)6-4-10/h3-6,8-9H,7H2,1-2H3,(H2,15,16)/t8-,9-/m0/s1. The number of rotatable bonds is 6. The maximum Gasteiger partial charge on any atom is 0.319 e. The molecule has 0 aromatic heterocycles. The molecule has 0 spiro atoms. The molecule has 2 N–H and O–H groups in total. The van der Waals surface area contributed by atoms with Crippen molar-refractivity contribution in [2.75, 3.05) is 0 Å². The van der Waals surface area contributed by atoms with Gasteiger partial charge in [0.05, 0.1) is 5.25 Å². The fourth-order valence-electron chi connectivity index (χ4n) is 1.20. The van der Waals surface area contributed by atoms with E-state index in [1.165, 1.54) is 18.7 Å². The molecule has 0 aliphatic rings. The van der Waals surface area contributed by atoms with Crippen LogP contribution in [0.3, 0.4) is 0 Å². The molecule has 0 aliphatic carbocycles. The number of ether oxygens (including phenoxy) is 1. The van der Waals surface area contributed by atoms with E-state index >= 15 is 0 Å². The Hall–Kier alpha value is -1.01. The maximum absolute atomic E-state index is 11.7. The number of esters is 1. The Morgan fingerprint density at radius 2 is 1.89 bits per heavy atom. The molecule has 0 heterocycles. The summed E-state index contributed by atoms with van der Waals surface area (Å²) < 4.78 is 5.96. The predicted octanol–water partition coefficient (Wildman–Crippen LogP) is 2.49. The zero-order valence-corrected chi connectivity index (χ0v) is 13.2. The van der Waals surface area contributed by atoms with E-state index in [2.05, 4.69) is 15.9 Å². The van der Waals surface area contributed by atoms with Crippen LogP contribution >= 0.6 is 27.7 Å². The van der Waals surface area contributed by atoms with Crippen molar-refractivity contribution in [2.24, 2.45) is 5.73 Å². The van der Waals surface area contributed by atoms with E-state index in [0.29, 0.717) is 5.75 Å². The first-order valence-corrected chi connectivity index (χ1v) is 7.60. The molecule has 0 saturated carbocycles. The van der Waals surface area contributed by atoms with Gasteiger partial charge in [-0.15, -0.1) is 11.8 Å². The number of nitrogens with two attached hydrogens (primary N) is 1. The summed E-state index contributed by atoms with van der Waals surface area (Å²) in [7, 11) is 0. The molecule has 0 bridgehead atoms. The SMILES string of the molecule is C[C@H](OC(=O)[C@H](C)SCc1ccc(Br)cc1)C(N)=O. The van der Waals surface area contributed by atoms with E-state index in [4.69, 9.17) is 10.5 Å². The van der Waals surface area contributed by atoms with Gasteiger partial charge in [0, 0.05) is 10.2 Å². The van der Waals surface area contributed by atoms with Crippen LogP contribution < -0.4 is 5.73 Å². The van der Waals surface area contributed by atoms with E-state index in [0.717, 1.165) is 10.0 Å². The van der Waals surface area contributed by atoms with Crippen molar-refractivity contribution in [3.8, 4) is 0 Å². The van der Waals surface area contributed by atoms with Crippen molar-refractivity contribution in [1.29, 1.82) is 0 Å². The molecule has 1 aromatic rings. The van der Waals surface area contributed by atoms with E-state index < -0.39 is 18.0 Å². The molecule has 19 heavy (non-hydrogen) atoms. The van der Waals surface area contributed by atoms with Gasteiger partial charge < -0.3 is 10.5 Å². The number of hydrogen-bond donors (Lipinski definition) is 1. The van der Waals surface area contributed by atoms with E-state index in [1.807, 2.05) is 24.3 Å². The van der Waals surface area contributed by atoms with Crippen LogP contribution in [-0.2, 0) is 20.1 Å². The highest BCUT2D eigenvalue weighted by atomic mass is 79.9. The summed E-state index contributed by atoms with van der Waals surface area (Å²) in [6.07, 6.45) is -0.886. The van der Waals surface area contributed by atoms with Crippen molar-refractivity contribution in [1.82, 2.24) is 0 Å². The zero-order valence-electron chi connectivity index (χ0n) is 10.8. The minimum absolute atomic E-state index is 0.342. The second-order valence-electron chi connectivity index (χ2n) is 4.06. The Morgan fingerprint density at radius 3 is 2.42 bits per heavy atom. The third-order valence-electron chi connectivity index (χ3n) is 2.44. The summed E-state index contributed by atoms with van der Waals surface area (Å²) in [6, 6.07) is 7.88. The zero-order chi connectivity index (χ0) is 14.4. The molecule has 6 heteroatoms. The van der Waals surface area contributed by atoms with Crippen LogP contribution in [-0.4, -0.2) is 23.2 Å². The van der Waals surface area contributed by atoms with Crippen LogP contribution in [0.1, 0.15) is 19.4 Å². The normalized spacial score (nSPS) is 13.6. The molecular weight excluding hydrogens is 330 g/mol. The molecule has 0 unspecified atom stereocenters. The Morgan fingerprint density at radius 1 is 1.32 bits per heavy atom. The van der Waals surface area contributed by atoms with E-state index in [9.17, 15) is 9.59 Å². The topological polar surface area (TPSA) is 69.4 Å². The molecule has 1 amide bonds.